The van der Waals surface area contributed by atoms with E-state index in [1.165, 1.54) is 17.7 Å². The smallest absolute Gasteiger partial charge is 0.405 e. The van der Waals surface area contributed by atoms with Crippen molar-refractivity contribution >= 4 is 51.9 Å². The van der Waals surface area contributed by atoms with Gasteiger partial charge in [-0.25, -0.2) is 14.8 Å². The second-order valence-corrected chi connectivity index (χ2v) is 7.26. The van der Waals surface area contributed by atoms with E-state index in [4.69, 9.17) is 9.52 Å². The molecule has 0 bridgehead atoms. The van der Waals surface area contributed by atoms with Crippen molar-refractivity contribution in [2.24, 2.45) is 5.10 Å². The number of amides is 1. The fraction of sp³-hybridized carbons (Fsp3) is 0.125. The average Bonchev–Trinajstić information content (AvgIpc) is 3.26. The van der Waals surface area contributed by atoms with Gasteiger partial charge < -0.3 is 14.8 Å². The van der Waals surface area contributed by atoms with Crippen LogP contribution >= 0.6 is 33.9 Å². The maximum atomic E-state index is 10.7. The molecule has 3 aromatic rings. The van der Waals surface area contributed by atoms with Crippen LogP contribution in [0.15, 0.2) is 45.7 Å². The van der Waals surface area contributed by atoms with Crippen LogP contribution < -0.4 is 10.7 Å². The van der Waals surface area contributed by atoms with Crippen molar-refractivity contribution in [1.29, 1.82) is 0 Å². The van der Waals surface area contributed by atoms with Gasteiger partial charge in [-0.2, -0.15) is 5.10 Å². The van der Waals surface area contributed by atoms with Crippen molar-refractivity contribution in [3.05, 3.63) is 50.4 Å². The van der Waals surface area contributed by atoms with Crippen LogP contribution in [0.25, 0.3) is 11.3 Å². The van der Waals surface area contributed by atoms with E-state index < -0.39 is 6.09 Å². The Morgan fingerprint density at radius 3 is 3.04 bits per heavy atom. The molecule has 1 amide bonds. The van der Waals surface area contributed by atoms with Crippen molar-refractivity contribution in [1.82, 2.24) is 15.3 Å². The first-order chi connectivity index (χ1) is 12.5. The molecule has 1 aromatic carbocycles. The summed E-state index contributed by atoms with van der Waals surface area (Å²) in [6.07, 6.45) is 3.59. The van der Waals surface area contributed by atoms with Gasteiger partial charge in [0, 0.05) is 14.5 Å². The molecule has 0 aliphatic carbocycles. The molecular formula is C16H14IN5O3S. The normalized spacial score (nSPS) is 12.2. The number of hydrazone groups is 1. The van der Waals surface area contributed by atoms with E-state index in [0.29, 0.717) is 16.5 Å². The molecule has 8 nitrogen and oxygen atoms in total. The third-order valence-electron chi connectivity index (χ3n) is 3.36. The second-order valence-electron chi connectivity index (χ2n) is 5.21. The highest BCUT2D eigenvalue weighted by atomic mass is 127. The topological polar surface area (TPSA) is 113 Å². The van der Waals surface area contributed by atoms with Gasteiger partial charge in [-0.15, -0.1) is 11.3 Å². The number of nitrogens with one attached hydrogen (secondary N) is 2. The van der Waals surface area contributed by atoms with Crippen LogP contribution in [-0.2, 0) is 0 Å². The van der Waals surface area contributed by atoms with Gasteiger partial charge in [0.25, 0.3) is 0 Å². The molecule has 0 fully saturated rings. The highest BCUT2D eigenvalue weighted by Gasteiger charge is 2.11. The lowest BCUT2D eigenvalue weighted by Crippen LogP contribution is -2.24. The average molecular weight is 483 g/mol. The van der Waals surface area contributed by atoms with E-state index in [9.17, 15) is 4.79 Å². The summed E-state index contributed by atoms with van der Waals surface area (Å²) in [7, 11) is 0. The number of hydrogen-bond acceptors (Lipinski definition) is 7. The molecule has 0 spiro atoms. The maximum Gasteiger partial charge on any atom is 0.405 e. The van der Waals surface area contributed by atoms with Crippen LogP contribution in [0, 0.1) is 3.57 Å². The summed E-state index contributed by atoms with van der Waals surface area (Å²) in [5.74, 6) is 0.712. The molecule has 0 radical (unpaired) electrons. The molecule has 3 rings (SSSR count). The number of hydrogen-bond donors (Lipinski definition) is 3. The van der Waals surface area contributed by atoms with Gasteiger partial charge in [0.1, 0.15) is 5.01 Å². The summed E-state index contributed by atoms with van der Waals surface area (Å²) >= 11 is 3.62. The monoisotopic (exact) mass is 483 g/mol. The van der Waals surface area contributed by atoms with Gasteiger partial charge >= 0.3 is 6.09 Å². The van der Waals surface area contributed by atoms with E-state index in [0.717, 1.165) is 14.8 Å². The third-order valence-corrected chi connectivity index (χ3v) is 5.05. The van der Waals surface area contributed by atoms with E-state index in [2.05, 4.69) is 48.4 Å². The quantitative estimate of drug-likeness (QED) is 0.276. The Morgan fingerprint density at radius 1 is 1.50 bits per heavy atom. The Balaban J connectivity index is 1.63. The zero-order valence-electron chi connectivity index (χ0n) is 13.5. The zero-order chi connectivity index (χ0) is 18.5. The number of halogens is 1. The molecule has 0 saturated heterocycles. The minimum atomic E-state index is -1.08. The standard InChI is InChI=1S/C16H14IN5O3S/c1-9(20-16(23)24)13-7-26-15(21-13)6-19-22-10-2-3-11(12(17)4-10)14-5-18-8-25-14/h2-9,20,22H,1H3,(H,23,24). The molecule has 0 saturated carbocycles. The van der Waals surface area contributed by atoms with Crippen LogP contribution in [-0.4, -0.2) is 27.4 Å². The van der Waals surface area contributed by atoms with Gasteiger partial charge in [0.05, 0.1) is 29.8 Å². The van der Waals surface area contributed by atoms with Crippen LogP contribution in [0.2, 0.25) is 0 Å². The summed E-state index contributed by atoms with van der Waals surface area (Å²) in [6, 6.07) is 5.40. The Labute approximate surface area is 166 Å². The SMILES string of the molecule is CC(NC(=O)O)c1csc(C=NNc2ccc(-c3cnco3)c(I)c2)n1. The Morgan fingerprint density at radius 2 is 2.35 bits per heavy atom. The molecule has 134 valence electrons. The first kappa shape index (κ1) is 18.3. The number of rotatable bonds is 6. The minimum Gasteiger partial charge on any atom is -0.465 e. The van der Waals surface area contributed by atoms with E-state index in [1.54, 1.807) is 24.7 Å². The molecule has 3 N–H and O–H groups in total. The zero-order valence-corrected chi connectivity index (χ0v) is 16.5. The second kappa shape index (κ2) is 8.27. The summed E-state index contributed by atoms with van der Waals surface area (Å²) < 4.78 is 6.31. The molecule has 2 heterocycles. The third kappa shape index (κ3) is 4.58. The largest absolute Gasteiger partial charge is 0.465 e. The highest BCUT2D eigenvalue weighted by Crippen LogP contribution is 2.27. The summed E-state index contributed by atoms with van der Waals surface area (Å²) in [4.78, 5) is 18.9. The first-order valence-corrected chi connectivity index (χ1v) is 9.41. The number of oxazole rings is 1. The van der Waals surface area contributed by atoms with Gasteiger partial charge in [-0.1, -0.05) is 0 Å². The number of benzene rings is 1. The molecular weight excluding hydrogens is 469 g/mol. The summed E-state index contributed by atoms with van der Waals surface area (Å²) in [6.45, 7) is 1.74. The molecule has 1 atom stereocenters. The van der Waals surface area contributed by atoms with Crippen LogP contribution in [0.4, 0.5) is 10.5 Å². The van der Waals surface area contributed by atoms with Crippen molar-refractivity contribution in [3.8, 4) is 11.3 Å². The lowest BCUT2D eigenvalue weighted by molar-refractivity contribution is 0.190. The molecule has 0 aliphatic heterocycles. The number of carbonyl (C=O) groups is 1. The fourth-order valence-electron chi connectivity index (χ4n) is 2.11. The van der Waals surface area contributed by atoms with Crippen LogP contribution in [0.5, 0.6) is 0 Å². The van der Waals surface area contributed by atoms with Crippen LogP contribution in [0.3, 0.4) is 0 Å². The Bertz CT molecular complexity index is 926. The van der Waals surface area contributed by atoms with E-state index >= 15 is 0 Å². The number of aromatic nitrogens is 2. The highest BCUT2D eigenvalue weighted by molar-refractivity contribution is 14.1. The number of carboxylic acid groups (broad SMARTS) is 1. The predicted octanol–water partition coefficient (Wildman–Crippen LogP) is 4.18. The molecule has 2 aromatic heterocycles. The number of thiazole rings is 1. The van der Waals surface area contributed by atoms with E-state index in [-0.39, 0.29) is 6.04 Å². The van der Waals surface area contributed by atoms with Crippen molar-refractivity contribution < 1.29 is 14.3 Å². The lowest BCUT2D eigenvalue weighted by atomic mass is 10.2. The number of anilines is 1. The van der Waals surface area contributed by atoms with Crippen molar-refractivity contribution in [2.45, 2.75) is 13.0 Å². The van der Waals surface area contributed by atoms with Gasteiger partial charge in [0.15, 0.2) is 12.2 Å². The minimum absolute atomic E-state index is 0.371. The first-order valence-electron chi connectivity index (χ1n) is 7.45. The molecule has 26 heavy (non-hydrogen) atoms. The molecule has 10 heteroatoms. The molecule has 0 aliphatic rings. The van der Waals surface area contributed by atoms with E-state index in [1.807, 2.05) is 18.2 Å². The maximum absolute atomic E-state index is 10.7. The Hall–Kier alpha value is -2.47. The van der Waals surface area contributed by atoms with Crippen molar-refractivity contribution in [3.63, 3.8) is 0 Å². The summed E-state index contributed by atoms with van der Waals surface area (Å²) in [5.41, 5.74) is 5.40. The fourth-order valence-corrected chi connectivity index (χ4v) is 3.66. The predicted molar refractivity (Wildman–Crippen MR) is 108 cm³/mol. The molecule has 1 unspecified atom stereocenters. The van der Waals surface area contributed by atoms with Crippen LogP contribution in [0.1, 0.15) is 23.7 Å². The summed E-state index contributed by atoms with van der Waals surface area (Å²) in [5, 5.41) is 17.8. The number of nitrogens with zero attached hydrogens (tertiary/aromatic N) is 3. The Kier molecular flexibility index (Phi) is 5.83. The van der Waals surface area contributed by atoms with Crippen molar-refractivity contribution in [2.75, 3.05) is 5.43 Å². The van der Waals surface area contributed by atoms with Gasteiger partial charge in [0.2, 0.25) is 0 Å². The van der Waals surface area contributed by atoms with Gasteiger partial charge in [-0.05, 0) is 47.7 Å². The lowest BCUT2D eigenvalue weighted by Gasteiger charge is -2.06. The van der Waals surface area contributed by atoms with Gasteiger partial charge in [-0.3, -0.25) is 5.43 Å².